The largest absolute Gasteiger partial charge is 0.497 e. The first-order valence-corrected chi connectivity index (χ1v) is 5.57. The molecule has 0 spiro atoms. The molecule has 0 saturated carbocycles. The fourth-order valence-corrected chi connectivity index (χ4v) is 1.66. The van der Waals surface area contributed by atoms with Gasteiger partial charge in [-0.15, -0.1) is 0 Å². The molecule has 0 aliphatic rings. The Labute approximate surface area is 101 Å². The lowest BCUT2D eigenvalue weighted by molar-refractivity contribution is 0.414. The summed E-state index contributed by atoms with van der Waals surface area (Å²) in [7, 11) is 1.68. The van der Waals surface area contributed by atoms with Crippen LogP contribution in [0.4, 0.5) is 5.69 Å². The van der Waals surface area contributed by atoms with Gasteiger partial charge in [-0.3, -0.25) is 4.98 Å². The summed E-state index contributed by atoms with van der Waals surface area (Å²) < 4.78 is 5.18. The Kier molecular flexibility index (Phi) is 3.60. The molecule has 3 heteroatoms. The van der Waals surface area contributed by atoms with E-state index in [1.54, 1.807) is 19.5 Å². The van der Waals surface area contributed by atoms with Gasteiger partial charge >= 0.3 is 0 Å². The first-order valence-electron chi connectivity index (χ1n) is 5.57. The van der Waals surface area contributed by atoms with Crippen LogP contribution in [0.2, 0.25) is 0 Å². The van der Waals surface area contributed by atoms with Crippen molar-refractivity contribution < 1.29 is 4.74 Å². The van der Waals surface area contributed by atoms with Gasteiger partial charge in [0.15, 0.2) is 0 Å². The van der Waals surface area contributed by atoms with Crippen molar-refractivity contribution in [3.63, 3.8) is 0 Å². The van der Waals surface area contributed by atoms with Crippen LogP contribution in [-0.2, 0) is 6.54 Å². The van der Waals surface area contributed by atoms with Gasteiger partial charge < -0.3 is 10.1 Å². The third-order valence-electron chi connectivity index (χ3n) is 2.67. The molecular formula is C14H16N2O. The summed E-state index contributed by atoms with van der Waals surface area (Å²) in [4.78, 5) is 4.00. The minimum atomic E-state index is 0.801. The molecule has 17 heavy (non-hydrogen) atoms. The maximum absolute atomic E-state index is 5.18. The van der Waals surface area contributed by atoms with Crippen LogP contribution in [0.5, 0.6) is 5.75 Å². The van der Waals surface area contributed by atoms with Crippen molar-refractivity contribution in [2.75, 3.05) is 12.4 Å². The molecule has 1 N–H and O–H groups in total. The lowest BCUT2D eigenvalue weighted by Gasteiger charge is -2.10. The molecule has 0 amide bonds. The fraction of sp³-hybridized carbons (Fsp3) is 0.214. The van der Waals surface area contributed by atoms with Crippen LogP contribution in [-0.4, -0.2) is 12.1 Å². The summed E-state index contributed by atoms with van der Waals surface area (Å²) in [6.07, 6.45) is 3.61. The number of ether oxygens (including phenoxy) is 1. The number of hydrogen-bond acceptors (Lipinski definition) is 3. The number of rotatable bonds is 4. The van der Waals surface area contributed by atoms with E-state index in [1.165, 1.54) is 11.1 Å². The van der Waals surface area contributed by atoms with Gasteiger partial charge in [-0.05, 0) is 48.4 Å². The minimum absolute atomic E-state index is 0.801. The lowest BCUT2D eigenvalue weighted by Crippen LogP contribution is -2.01. The predicted octanol–water partition coefficient (Wildman–Crippen LogP) is 3.01. The van der Waals surface area contributed by atoms with Gasteiger partial charge in [-0.2, -0.15) is 0 Å². The number of hydrogen-bond donors (Lipinski definition) is 1. The number of pyridine rings is 1. The molecule has 0 aliphatic carbocycles. The van der Waals surface area contributed by atoms with E-state index < -0.39 is 0 Å². The van der Waals surface area contributed by atoms with Crippen molar-refractivity contribution in [3.8, 4) is 5.75 Å². The highest BCUT2D eigenvalue weighted by Gasteiger charge is 2.00. The highest BCUT2D eigenvalue weighted by Crippen LogP contribution is 2.21. The Morgan fingerprint density at radius 1 is 1.18 bits per heavy atom. The van der Waals surface area contributed by atoms with Crippen LogP contribution in [0.1, 0.15) is 11.1 Å². The molecule has 3 nitrogen and oxygen atoms in total. The first-order chi connectivity index (χ1) is 8.29. The second kappa shape index (κ2) is 5.34. The van der Waals surface area contributed by atoms with Gasteiger partial charge in [0.05, 0.1) is 7.11 Å². The van der Waals surface area contributed by atoms with E-state index >= 15 is 0 Å². The van der Waals surface area contributed by atoms with Gasteiger partial charge in [0.2, 0.25) is 0 Å². The zero-order valence-corrected chi connectivity index (χ0v) is 10.1. The van der Waals surface area contributed by atoms with Gasteiger partial charge in [-0.25, -0.2) is 0 Å². The van der Waals surface area contributed by atoms with Gasteiger partial charge in [0.1, 0.15) is 5.75 Å². The summed E-state index contributed by atoms with van der Waals surface area (Å²) in [6, 6.07) is 10.0. The third kappa shape index (κ3) is 2.97. The Hall–Kier alpha value is -2.03. The number of methoxy groups -OCH3 is 1. The van der Waals surface area contributed by atoms with Crippen LogP contribution in [0.25, 0.3) is 0 Å². The molecule has 0 aliphatic heterocycles. The molecule has 2 aromatic rings. The van der Waals surface area contributed by atoms with Gasteiger partial charge in [-0.1, -0.05) is 0 Å². The van der Waals surface area contributed by atoms with Crippen molar-refractivity contribution in [2.45, 2.75) is 13.5 Å². The number of benzene rings is 1. The summed E-state index contributed by atoms with van der Waals surface area (Å²) in [6.45, 7) is 2.87. The number of anilines is 1. The van der Waals surface area contributed by atoms with E-state index in [0.29, 0.717) is 0 Å². The van der Waals surface area contributed by atoms with Crippen LogP contribution in [0.15, 0.2) is 42.7 Å². The highest BCUT2D eigenvalue weighted by atomic mass is 16.5. The lowest BCUT2D eigenvalue weighted by atomic mass is 10.2. The van der Waals surface area contributed by atoms with Crippen molar-refractivity contribution in [1.29, 1.82) is 0 Å². The second-order valence-electron chi connectivity index (χ2n) is 3.89. The van der Waals surface area contributed by atoms with Crippen molar-refractivity contribution in [3.05, 3.63) is 53.9 Å². The average molecular weight is 228 g/mol. The van der Waals surface area contributed by atoms with E-state index in [9.17, 15) is 0 Å². The van der Waals surface area contributed by atoms with Crippen LogP contribution in [0.3, 0.4) is 0 Å². The molecule has 0 saturated heterocycles. The smallest absolute Gasteiger partial charge is 0.119 e. The van der Waals surface area contributed by atoms with Crippen molar-refractivity contribution >= 4 is 5.69 Å². The zero-order chi connectivity index (χ0) is 12.1. The van der Waals surface area contributed by atoms with E-state index in [0.717, 1.165) is 18.0 Å². The van der Waals surface area contributed by atoms with E-state index in [-0.39, 0.29) is 0 Å². The number of aromatic nitrogens is 1. The highest BCUT2D eigenvalue weighted by molar-refractivity contribution is 5.53. The Bertz CT molecular complexity index is 483. The van der Waals surface area contributed by atoms with E-state index in [4.69, 9.17) is 4.74 Å². The Morgan fingerprint density at radius 3 is 2.59 bits per heavy atom. The molecule has 1 heterocycles. The van der Waals surface area contributed by atoms with Crippen LogP contribution >= 0.6 is 0 Å². The quantitative estimate of drug-likeness (QED) is 0.873. The summed E-state index contributed by atoms with van der Waals surface area (Å²) in [5.41, 5.74) is 3.52. The molecule has 0 bridgehead atoms. The van der Waals surface area contributed by atoms with Crippen molar-refractivity contribution in [2.24, 2.45) is 0 Å². The first kappa shape index (κ1) is 11.5. The molecule has 0 fully saturated rings. The predicted molar refractivity (Wildman–Crippen MR) is 69.3 cm³/mol. The normalized spacial score (nSPS) is 10.0. The maximum Gasteiger partial charge on any atom is 0.119 e. The number of aryl methyl sites for hydroxylation is 1. The molecular weight excluding hydrogens is 212 g/mol. The Balaban J connectivity index is 2.04. The molecule has 1 aromatic heterocycles. The van der Waals surface area contributed by atoms with Crippen molar-refractivity contribution in [1.82, 2.24) is 4.98 Å². The molecule has 0 radical (unpaired) electrons. The summed E-state index contributed by atoms with van der Waals surface area (Å²) >= 11 is 0. The third-order valence-corrected chi connectivity index (χ3v) is 2.67. The standard InChI is InChI=1S/C14H16N2O/c1-11-9-13(17-2)3-4-14(11)16-10-12-5-7-15-8-6-12/h3-9,16H,10H2,1-2H3. The number of nitrogens with zero attached hydrogens (tertiary/aromatic N) is 1. The van der Waals surface area contributed by atoms with Crippen LogP contribution in [0, 0.1) is 6.92 Å². The van der Waals surface area contributed by atoms with Crippen LogP contribution < -0.4 is 10.1 Å². The SMILES string of the molecule is COc1ccc(NCc2ccncc2)c(C)c1. The maximum atomic E-state index is 5.18. The topological polar surface area (TPSA) is 34.1 Å². The monoisotopic (exact) mass is 228 g/mol. The summed E-state index contributed by atoms with van der Waals surface area (Å²) in [5.74, 6) is 0.886. The fourth-order valence-electron chi connectivity index (χ4n) is 1.66. The second-order valence-corrected chi connectivity index (χ2v) is 3.89. The molecule has 1 aromatic carbocycles. The molecule has 2 rings (SSSR count). The molecule has 88 valence electrons. The van der Waals surface area contributed by atoms with E-state index in [2.05, 4.69) is 17.2 Å². The number of nitrogens with one attached hydrogen (secondary N) is 1. The molecule has 0 atom stereocenters. The van der Waals surface area contributed by atoms with Gasteiger partial charge in [0.25, 0.3) is 0 Å². The van der Waals surface area contributed by atoms with E-state index in [1.807, 2.05) is 30.3 Å². The van der Waals surface area contributed by atoms with Gasteiger partial charge in [0, 0.05) is 24.6 Å². The molecule has 0 unspecified atom stereocenters. The average Bonchev–Trinajstić information content (AvgIpc) is 2.38. The Morgan fingerprint density at radius 2 is 1.94 bits per heavy atom. The minimum Gasteiger partial charge on any atom is -0.497 e. The summed E-state index contributed by atoms with van der Waals surface area (Å²) in [5, 5.41) is 3.40. The zero-order valence-electron chi connectivity index (χ0n) is 10.1.